The quantitative estimate of drug-likeness (QED) is 0.594. The molecule has 1 fully saturated rings. The highest BCUT2D eigenvalue weighted by Crippen LogP contribution is 2.31. The highest BCUT2D eigenvalue weighted by Gasteiger charge is 2.30. The molecule has 1 saturated heterocycles. The molecule has 2 aromatic heterocycles. The van der Waals surface area contributed by atoms with Gasteiger partial charge in [0.2, 0.25) is 0 Å². The monoisotopic (exact) mass is 434 g/mol. The highest BCUT2D eigenvalue weighted by molar-refractivity contribution is 5.92. The molecular formula is C21H21F3N4O3. The van der Waals surface area contributed by atoms with Crippen molar-refractivity contribution < 1.29 is 27.1 Å². The number of piperazine rings is 1. The maximum atomic E-state index is 12.8. The first-order chi connectivity index (χ1) is 14.9. The van der Waals surface area contributed by atoms with Crippen molar-refractivity contribution in [3.05, 3.63) is 71.9 Å². The Bertz CT molecular complexity index is 1010. The van der Waals surface area contributed by atoms with Crippen molar-refractivity contribution in [2.45, 2.75) is 19.5 Å². The van der Waals surface area contributed by atoms with Crippen LogP contribution in [0.5, 0.6) is 5.75 Å². The molecule has 3 heterocycles. The molecule has 31 heavy (non-hydrogen) atoms. The van der Waals surface area contributed by atoms with Crippen molar-refractivity contribution in [1.29, 1.82) is 0 Å². The fraction of sp³-hybridized carbons (Fsp3) is 0.333. The summed E-state index contributed by atoms with van der Waals surface area (Å²) in [6.07, 6.45) is -1.23. The van der Waals surface area contributed by atoms with Gasteiger partial charge in [0.1, 0.15) is 11.5 Å². The van der Waals surface area contributed by atoms with Crippen LogP contribution < -0.4 is 4.74 Å². The Morgan fingerprint density at radius 3 is 2.61 bits per heavy atom. The molecule has 0 radical (unpaired) electrons. The lowest BCUT2D eigenvalue weighted by Gasteiger charge is -2.33. The van der Waals surface area contributed by atoms with Gasteiger partial charge in [0.15, 0.2) is 12.4 Å². The average molecular weight is 434 g/mol. The van der Waals surface area contributed by atoms with Gasteiger partial charge in [-0.05, 0) is 36.4 Å². The number of ether oxygens (including phenoxy) is 1. The largest absolute Gasteiger partial charge is 0.471 e. The van der Waals surface area contributed by atoms with Crippen LogP contribution in [0.2, 0.25) is 0 Å². The van der Waals surface area contributed by atoms with E-state index in [1.165, 1.54) is 16.8 Å². The van der Waals surface area contributed by atoms with Crippen LogP contribution in [-0.2, 0) is 19.5 Å². The summed E-state index contributed by atoms with van der Waals surface area (Å²) in [5.41, 5.74) is -0.514. The van der Waals surface area contributed by atoms with Crippen LogP contribution in [0.15, 0.2) is 59.3 Å². The lowest BCUT2D eigenvalue weighted by atomic mass is 10.2. The van der Waals surface area contributed by atoms with Crippen molar-refractivity contribution in [2.24, 2.45) is 0 Å². The minimum Gasteiger partial charge on any atom is -0.471 e. The first kappa shape index (κ1) is 21.0. The number of aromatic nitrogens is 2. The van der Waals surface area contributed by atoms with Crippen molar-refractivity contribution in [2.75, 3.05) is 26.2 Å². The third kappa shape index (κ3) is 5.26. The molecule has 0 aliphatic carbocycles. The fourth-order valence-corrected chi connectivity index (χ4v) is 3.34. The molecule has 164 valence electrons. The Labute approximate surface area is 176 Å². The van der Waals surface area contributed by atoms with Crippen LogP contribution >= 0.6 is 0 Å². The van der Waals surface area contributed by atoms with E-state index in [1.54, 1.807) is 23.4 Å². The summed E-state index contributed by atoms with van der Waals surface area (Å²) >= 11 is 0. The molecule has 0 spiro atoms. The number of carbonyl (C=O) groups excluding carboxylic acids is 1. The molecule has 4 rings (SSSR count). The molecule has 0 unspecified atom stereocenters. The zero-order valence-corrected chi connectivity index (χ0v) is 16.6. The highest BCUT2D eigenvalue weighted by atomic mass is 19.4. The molecule has 0 saturated carbocycles. The van der Waals surface area contributed by atoms with Gasteiger partial charge in [-0.15, -0.1) is 0 Å². The molecule has 1 aliphatic rings. The summed E-state index contributed by atoms with van der Waals surface area (Å²) in [6.45, 7) is 3.21. The van der Waals surface area contributed by atoms with Gasteiger partial charge < -0.3 is 14.1 Å². The predicted molar refractivity (Wildman–Crippen MR) is 104 cm³/mol. The first-order valence-corrected chi connectivity index (χ1v) is 9.76. The van der Waals surface area contributed by atoms with Crippen LogP contribution in [0, 0.1) is 0 Å². The van der Waals surface area contributed by atoms with Gasteiger partial charge in [-0.2, -0.15) is 18.3 Å². The number of furan rings is 1. The third-order valence-corrected chi connectivity index (χ3v) is 5.00. The second-order valence-corrected chi connectivity index (χ2v) is 7.19. The van der Waals surface area contributed by atoms with Crippen LogP contribution in [0.4, 0.5) is 13.2 Å². The average Bonchev–Trinajstić information content (AvgIpc) is 3.44. The third-order valence-electron chi connectivity index (χ3n) is 5.00. The lowest BCUT2D eigenvalue weighted by molar-refractivity contribution is -0.137. The Morgan fingerprint density at radius 1 is 1.10 bits per heavy atom. The van der Waals surface area contributed by atoms with E-state index in [0.717, 1.165) is 31.0 Å². The molecule has 0 atom stereocenters. The summed E-state index contributed by atoms with van der Waals surface area (Å²) in [5.74, 6) is 0.778. The summed E-state index contributed by atoms with van der Waals surface area (Å²) in [4.78, 5) is 16.7. The Kier molecular flexibility index (Phi) is 5.99. The Balaban J connectivity index is 1.29. The summed E-state index contributed by atoms with van der Waals surface area (Å²) < 4.78 is 50.5. The van der Waals surface area contributed by atoms with Crippen molar-refractivity contribution in [3.63, 3.8) is 0 Å². The standard InChI is InChI=1S/C21H21F3N4O3/c22-21(23,24)16-3-1-4-17(13-16)31-15-28-7-6-19(25-28)20(29)27-10-8-26(9-11-27)14-18-5-2-12-30-18/h1-7,12-13H,8-11,14-15H2. The van der Waals surface area contributed by atoms with Crippen LogP contribution in [-0.4, -0.2) is 51.7 Å². The Morgan fingerprint density at radius 2 is 1.90 bits per heavy atom. The van der Waals surface area contributed by atoms with E-state index in [4.69, 9.17) is 9.15 Å². The van der Waals surface area contributed by atoms with Gasteiger partial charge in [-0.1, -0.05) is 6.07 Å². The van der Waals surface area contributed by atoms with Gasteiger partial charge in [0.25, 0.3) is 5.91 Å². The Hall–Kier alpha value is -3.27. The topological polar surface area (TPSA) is 63.7 Å². The molecule has 1 aliphatic heterocycles. The van der Waals surface area contributed by atoms with E-state index in [2.05, 4.69) is 10.00 Å². The minimum atomic E-state index is -4.44. The van der Waals surface area contributed by atoms with Gasteiger partial charge >= 0.3 is 6.18 Å². The van der Waals surface area contributed by atoms with E-state index in [1.807, 2.05) is 12.1 Å². The number of hydrogen-bond acceptors (Lipinski definition) is 5. The van der Waals surface area contributed by atoms with Crippen molar-refractivity contribution in [1.82, 2.24) is 19.6 Å². The molecule has 10 heteroatoms. The molecule has 1 amide bonds. The summed E-state index contributed by atoms with van der Waals surface area (Å²) in [5, 5.41) is 4.20. The maximum Gasteiger partial charge on any atom is 0.416 e. The zero-order valence-electron chi connectivity index (χ0n) is 16.6. The molecule has 3 aromatic rings. The fourth-order valence-electron chi connectivity index (χ4n) is 3.34. The number of carbonyl (C=O) groups is 1. The van der Waals surface area contributed by atoms with Crippen molar-refractivity contribution in [3.8, 4) is 5.75 Å². The summed E-state index contributed by atoms with van der Waals surface area (Å²) in [7, 11) is 0. The molecular weight excluding hydrogens is 413 g/mol. The number of alkyl halides is 3. The van der Waals surface area contributed by atoms with E-state index in [0.29, 0.717) is 19.6 Å². The van der Waals surface area contributed by atoms with E-state index in [-0.39, 0.29) is 24.1 Å². The van der Waals surface area contributed by atoms with Gasteiger partial charge in [0.05, 0.1) is 18.4 Å². The van der Waals surface area contributed by atoms with Crippen molar-refractivity contribution >= 4 is 5.91 Å². The summed E-state index contributed by atoms with van der Waals surface area (Å²) in [6, 6.07) is 9.97. The smallest absolute Gasteiger partial charge is 0.416 e. The van der Waals surface area contributed by atoms with Gasteiger partial charge in [-0.3, -0.25) is 9.69 Å². The predicted octanol–water partition coefficient (Wildman–Crippen LogP) is 3.49. The number of hydrogen-bond donors (Lipinski definition) is 0. The number of benzene rings is 1. The van der Waals surface area contributed by atoms with E-state index < -0.39 is 11.7 Å². The second-order valence-electron chi connectivity index (χ2n) is 7.19. The number of rotatable bonds is 6. The van der Waals surface area contributed by atoms with Gasteiger partial charge in [-0.25, -0.2) is 4.68 Å². The normalized spacial score (nSPS) is 15.3. The van der Waals surface area contributed by atoms with Gasteiger partial charge in [0, 0.05) is 32.4 Å². The van der Waals surface area contributed by atoms with E-state index in [9.17, 15) is 18.0 Å². The molecule has 7 nitrogen and oxygen atoms in total. The lowest BCUT2D eigenvalue weighted by Crippen LogP contribution is -2.48. The van der Waals surface area contributed by atoms with E-state index >= 15 is 0 Å². The number of amides is 1. The molecule has 0 bridgehead atoms. The minimum absolute atomic E-state index is 0.0749. The second kappa shape index (κ2) is 8.84. The van der Waals surface area contributed by atoms with Crippen LogP contribution in [0.3, 0.4) is 0 Å². The zero-order chi connectivity index (χ0) is 21.8. The number of halogens is 3. The van der Waals surface area contributed by atoms with Crippen LogP contribution in [0.25, 0.3) is 0 Å². The van der Waals surface area contributed by atoms with Crippen LogP contribution in [0.1, 0.15) is 21.8 Å². The number of nitrogens with zero attached hydrogens (tertiary/aromatic N) is 4. The maximum absolute atomic E-state index is 12.8. The molecule has 1 aromatic carbocycles. The SMILES string of the molecule is O=C(c1ccn(COc2cccc(C(F)(F)F)c2)n1)N1CCN(Cc2ccco2)CC1. The first-order valence-electron chi connectivity index (χ1n) is 9.76. The molecule has 0 N–H and O–H groups in total.